The van der Waals surface area contributed by atoms with E-state index in [9.17, 15) is 0 Å². The van der Waals surface area contributed by atoms with Gasteiger partial charge in [-0.25, -0.2) is 0 Å². The Morgan fingerprint density at radius 3 is 2.64 bits per heavy atom. The lowest BCUT2D eigenvalue weighted by atomic mass is 9.99. The molecule has 1 heterocycles. The van der Waals surface area contributed by atoms with Crippen molar-refractivity contribution in [2.24, 2.45) is 0 Å². The monoisotopic (exact) mass is 295 g/mol. The van der Waals surface area contributed by atoms with Gasteiger partial charge in [0.2, 0.25) is 0 Å². The number of rotatable bonds is 5. The Labute approximate surface area is 133 Å². The molecule has 0 saturated carbocycles. The summed E-state index contributed by atoms with van der Waals surface area (Å²) in [6, 6.07) is 19.2. The Hall–Kier alpha value is -1.80. The van der Waals surface area contributed by atoms with E-state index in [1.807, 2.05) is 36.4 Å². The van der Waals surface area contributed by atoms with Gasteiger partial charge in [-0.15, -0.1) is 0 Å². The average Bonchev–Trinajstić information content (AvgIpc) is 2.57. The predicted octanol–water partition coefficient (Wildman–Crippen LogP) is 5.24. The molecule has 22 heavy (non-hydrogen) atoms. The van der Waals surface area contributed by atoms with E-state index < -0.39 is 0 Å². The third-order valence-electron chi connectivity index (χ3n) is 4.48. The van der Waals surface area contributed by atoms with Crippen LogP contribution in [0.4, 0.5) is 0 Å². The van der Waals surface area contributed by atoms with E-state index in [4.69, 9.17) is 4.74 Å². The van der Waals surface area contributed by atoms with E-state index in [-0.39, 0.29) is 0 Å². The van der Waals surface area contributed by atoms with Gasteiger partial charge >= 0.3 is 0 Å². The summed E-state index contributed by atoms with van der Waals surface area (Å²) in [4.78, 5) is 2.63. The molecule has 3 rings (SSSR count). The lowest BCUT2D eigenvalue weighted by molar-refractivity contribution is 0.136. The molecule has 2 aromatic carbocycles. The van der Waals surface area contributed by atoms with Gasteiger partial charge in [-0.1, -0.05) is 43.7 Å². The largest absolute Gasteiger partial charge is 0.457 e. The first-order valence-electron chi connectivity index (χ1n) is 8.41. The van der Waals surface area contributed by atoms with Crippen molar-refractivity contribution in [1.82, 2.24) is 4.90 Å². The first-order valence-corrected chi connectivity index (χ1v) is 8.41. The lowest BCUT2D eigenvalue weighted by Gasteiger charge is -2.35. The molecule has 0 amide bonds. The van der Waals surface area contributed by atoms with E-state index in [0.717, 1.165) is 24.1 Å². The van der Waals surface area contributed by atoms with Crippen molar-refractivity contribution in [3.05, 3.63) is 60.2 Å². The molecule has 1 atom stereocenters. The second-order valence-corrected chi connectivity index (χ2v) is 6.09. The van der Waals surface area contributed by atoms with Crippen molar-refractivity contribution in [3.8, 4) is 11.5 Å². The number of ether oxygens (including phenoxy) is 1. The number of para-hydroxylation sites is 1. The second kappa shape index (κ2) is 7.46. The van der Waals surface area contributed by atoms with Crippen molar-refractivity contribution in [3.63, 3.8) is 0 Å². The van der Waals surface area contributed by atoms with Crippen molar-refractivity contribution in [2.75, 3.05) is 6.54 Å². The SMILES string of the molecule is CC[C@@H]1CCCCN1Cc1cccc(Oc2ccccc2)c1. The van der Waals surface area contributed by atoms with Crippen LogP contribution < -0.4 is 4.74 Å². The predicted molar refractivity (Wildman–Crippen MR) is 91.3 cm³/mol. The van der Waals surface area contributed by atoms with Gasteiger partial charge in [-0.3, -0.25) is 4.90 Å². The number of nitrogens with zero attached hydrogens (tertiary/aromatic N) is 1. The van der Waals surface area contributed by atoms with E-state index in [2.05, 4.69) is 30.0 Å². The molecule has 1 aliphatic rings. The normalized spacial score (nSPS) is 19.0. The summed E-state index contributed by atoms with van der Waals surface area (Å²) in [6.45, 7) is 4.56. The Bertz CT molecular complexity index is 581. The summed E-state index contributed by atoms with van der Waals surface area (Å²) in [6.07, 6.45) is 5.31. The van der Waals surface area contributed by atoms with Crippen molar-refractivity contribution in [2.45, 2.75) is 45.2 Å². The van der Waals surface area contributed by atoms with Crippen LogP contribution in [0.3, 0.4) is 0 Å². The van der Waals surface area contributed by atoms with Crippen molar-refractivity contribution >= 4 is 0 Å². The van der Waals surface area contributed by atoms with Crippen LogP contribution in [0, 0.1) is 0 Å². The first kappa shape index (κ1) is 15.1. The summed E-state index contributed by atoms with van der Waals surface area (Å²) in [5.74, 6) is 1.82. The molecular weight excluding hydrogens is 270 g/mol. The van der Waals surface area contributed by atoms with Crippen LogP contribution in [-0.2, 0) is 6.54 Å². The third kappa shape index (κ3) is 3.89. The van der Waals surface area contributed by atoms with Crippen LogP contribution in [-0.4, -0.2) is 17.5 Å². The van der Waals surface area contributed by atoms with Gasteiger partial charge in [-0.2, -0.15) is 0 Å². The molecule has 0 aliphatic carbocycles. The smallest absolute Gasteiger partial charge is 0.127 e. The summed E-state index contributed by atoms with van der Waals surface area (Å²) in [7, 11) is 0. The molecule has 2 aromatic rings. The highest BCUT2D eigenvalue weighted by atomic mass is 16.5. The molecule has 0 N–H and O–H groups in total. The topological polar surface area (TPSA) is 12.5 Å². The van der Waals surface area contributed by atoms with E-state index in [1.54, 1.807) is 0 Å². The Balaban J connectivity index is 1.68. The fourth-order valence-electron chi connectivity index (χ4n) is 3.30. The fourth-order valence-corrected chi connectivity index (χ4v) is 3.30. The van der Waals surface area contributed by atoms with E-state index in [0.29, 0.717) is 0 Å². The molecule has 1 fully saturated rings. The molecule has 0 aromatic heterocycles. The summed E-state index contributed by atoms with van der Waals surface area (Å²) in [5, 5.41) is 0. The highest BCUT2D eigenvalue weighted by molar-refractivity contribution is 5.33. The summed E-state index contributed by atoms with van der Waals surface area (Å²) < 4.78 is 5.94. The molecule has 1 saturated heterocycles. The summed E-state index contributed by atoms with van der Waals surface area (Å²) >= 11 is 0. The van der Waals surface area contributed by atoms with Crippen molar-refractivity contribution < 1.29 is 4.74 Å². The molecular formula is C20H25NO. The third-order valence-corrected chi connectivity index (χ3v) is 4.48. The maximum Gasteiger partial charge on any atom is 0.127 e. The maximum absolute atomic E-state index is 5.94. The molecule has 0 spiro atoms. The van der Waals surface area contributed by atoms with Gasteiger partial charge < -0.3 is 4.74 Å². The van der Waals surface area contributed by atoms with Gasteiger partial charge in [0.15, 0.2) is 0 Å². The highest BCUT2D eigenvalue weighted by Gasteiger charge is 2.20. The van der Waals surface area contributed by atoms with Crippen molar-refractivity contribution in [1.29, 1.82) is 0 Å². The second-order valence-electron chi connectivity index (χ2n) is 6.09. The van der Waals surface area contributed by atoms with Crippen LogP contribution in [0.1, 0.15) is 38.2 Å². The standard InChI is InChI=1S/C20H25NO/c1-2-18-10-6-7-14-21(18)16-17-9-8-13-20(15-17)22-19-11-4-3-5-12-19/h3-5,8-9,11-13,15,18H,2,6-7,10,14,16H2,1H3/t18-/m1/s1. The zero-order valence-corrected chi connectivity index (χ0v) is 13.4. The van der Waals surface area contributed by atoms with Crippen LogP contribution in [0.15, 0.2) is 54.6 Å². The van der Waals surface area contributed by atoms with Gasteiger partial charge in [0, 0.05) is 12.6 Å². The maximum atomic E-state index is 5.94. The summed E-state index contributed by atoms with van der Waals surface area (Å²) in [5.41, 5.74) is 1.34. The molecule has 116 valence electrons. The Morgan fingerprint density at radius 2 is 1.82 bits per heavy atom. The van der Waals surface area contributed by atoms with E-state index in [1.165, 1.54) is 37.8 Å². The first-order chi connectivity index (χ1) is 10.8. The highest BCUT2D eigenvalue weighted by Crippen LogP contribution is 2.25. The van der Waals surface area contributed by atoms with E-state index >= 15 is 0 Å². The zero-order chi connectivity index (χ0) is 15.2. The number of piperidine rings is 1. The van der Waals surface area contributed by atoms with Gasteiger partial charge in [0.25, 0.3) is 0 Å². The van der Waals surface area contributed by atoms with Crippen LogP contribution >= 0.6 is 0 Å². The molecule has 0 bridgehead atoms. The molecule has 0 radical (unpaired) electrons. The lowest BCUT2D eigenvalue weighted by Crippen LogP contribution is -2.38. The number of hydrogen-bond donors (Lipinski definition) is 0. The zero-order valence-electron chi connectivity index (χ0n) is 13.4. The Morgan fingerprint density at radius 1 is 1.00 bits per heavy atom. The number of hydrogen-bond acceptors (Lipinski definition) is 2. The minimum atomic E-state index is 0.743. The van der Waals surface area contributed by atoms with Gasteiger partial charge in [0.05, 0.1) is 0 Å². The quantitative estimate of drug-likeness (QED) is 0.747. The van der Waals surface area contributed by atoms with Crippen LogP contribution in [0.2, 0.25) is 0 Å². The van der Waals surface area contributed by atoms with Crippen LogP contribution in [0.5, 0.6) is 11.5 Å². The minimum absolute atomic E-state index is 0.743. The molecule has 1 aliphatic heterocycles. The number of likely N-dealkylation sites (tertiary alicyclic amines) is 1. The Kier molecular flexibility index (Phi) is 5.12. The molecule has 2 heteroatoms. The number of benzene rings is 2. The fraction of sp³-hybridized carbons (Fsp3) is 0.400. The van der Waals surface area contributed by atoms with Crippen LogP contribution in [0.25, 0.3) is 0 Å². The van der Waals surface area contributed by atoms with Gasteiger partial charge in [0.1, 0.15) is 11.5 Å². The van der Waals surface area contributed by atoms with Gasteiger partial charge in [-0.05, 0) is 55.6 Å². The molecule has 2 nitrogen and oxygen atoms in total. The minimum Gasteiger partial charge on any atom is -0.457 e. The average molecular weight is 295 g/mol. The molecule has 0 unspecified atom stereocenters.